The second kappa shape index (κ2) is 6.88. The molecule has 0 amide bonds. The van der Waals surface area contributed by atoms with Crippen LogP contribution in [0.15, 0.2) is 53.3 Å². The van der Waals surface area contributed by atoms with Gasteiger partial charge in [0.25, 0.3) is 11.2 Å². The number of nitro benzene ring substituents is 1. The van der Waals surface area contributed by atoms with Gasteiger partial charge in [0.1, 0.15) is 0 Å². The minimum atomic E-state index is -0.366. The van der Waals surface area contributed by atoms with E-state index in [2.05, 4.69) is 4.98 Å². The number of imidazole rings is 1. The number of aryl methyl sites for hydroxylation is 2. The molecule has 5 rings (SSSR count). The van der Waals surface area contributed by atoms with Crippen LogP contribution >= 0.6 is 11.3 Å². The minimum absolute atomic E-state index is 0.0868. The number of benzene rings is 2. The van der Waals surface area contributed by atoms with E-state index in [0.717, 1.165) is 33.7 Å². The summed E-state index contributed by atoms with van der Waals surface area (Å²) >= 11 is 1.36. The summed E-state index contributed by atoms with van der Waals surface area (Å²) < 4.78 is 4.22. The van der Waals surface area contributed by atoms with E-state index in [1.165, 1.54) is 11.3 Å². The Balaban J connectivity index is 1.68. The van der Waals surface area contributed by atoms with Crippen molar-refractivity contribution in [3.05, 3.63) is 96.0 Å². The molecular weight excluding hydrogens is 412 g/mol. The number of fused-ring (bicyclic) bond motifs is 3. The first-order valence-corrected chi connectivity index (χ1v) is 10.5. The summed E-state index contributed by atoms with van der Waals surface area (Å²) in [7, 11) is 0. The number of para-hydroxylation sites is 2. The Morgan fingerprint density at radius 3 is 2.65 bits per heavy atom. The highest BCUT2D eigenvalue weighted by Crippen LogP contribution is 2.26. The lowest BCUT2D eigenvalue weighted by molar-refractivity contribution is -0.385. The molecular formula is C23H18N4O3S. The molecule has 0 saturated carbocycles. The average molecular weight is 430 g/mol. The van der Waals surface area contributed by atoms with Crippen molar-refractivity contribution in [3.63, 3.8) is 0 Å². The Morgan fingerprint density at radius 2 is 1.87 bits per heavy atom. The molecule has 3 heterocycles. The predicted molar refractivity (Wildman–Crippen MR) is 122 cm³/mol. The summed E-state index contributed by atoms with van der Waals surface area (Å²) in [5, 5.41) is 11.4. The molecule has 2 aromatic carbocycles. The molecule has 0 radical (unpaired) electrons. The maximum atomic E-state index is 13.1. The Labute approximate surface area is 180 Å². The molecule has 0 atom stereocenters. The molecule has 0 aliphatic heterocycles. The fourth-order valence-electron chi connectivity index (χ4n) is 4.02. The van der Waals surface area contributed by atoms with Crippen LogP contribution < -0.4 is 10.1 Å². The molecule has 3 aromatic heterocycles. The monoisotopic (exact) mass is 430 g/mol. The number of nitro groups is 1. The first kappa shape index (κ1) is 19.2. The van der Waals surface area contributed by atoms with Crippen molar-refractivity contribution in [2.45, 2.75) is 20.8 Å². The minimum Gasteiger partial charge on any atom is -0.318 e. The van der Waals surface area contributed by atoms with Gasteiger partial charge in [0.15, 0.2) is 4.96 Å². The van der Waals surface area contributed by atoms with E-state index in [1.807, 2.05) is 60.9 Å². The molecule has 0 unspecified atom stereocenters. The highest BCUT2D eigenvalue weighted by atomic mass is 32.1. The zero-order valence-corrected chi connectivity index (χ0v) is 17.9. The van der Waals surface area contributed by atoms with Crippen molar-refractivity contribution in [2.75, 3.05) is 0 Å². The number of thiazole rings is 1. The maximum absolute atomic E-state index is 13.1. The van der Waals surface area contributed by atoms with Crippen LogP contribution in [-0.4, -0.2) is 18.9 Å². The molecule has 0 bridgehead atoms. The molecule has 7 nitrogen and oxygen atoms in total. The van der Waals surface area contributed by atoms with E-state index in [0.29, 0.717) is 15.1 Å². The van der Waals surface area contributed by atoms with Crippen molar-refractivity contribution in [1.82, 2.24) is 14.0 Å². The third-order valence-electron chi connectivity index (χ3n) is 5.55. The van der Waals surface area contributed by atoms with Crippen LogP contribution in [-0.2, 0) is 0 Å². The summed E-state index contributed by atoms with van der Waals surface area (Å²) in [6.45, 7) is 5.62. The summed E-state index contributed by atoms with van der Waals surface area (Å²) in [6.07, 6.45) is 1.87. The van der Waals surface area contributed by atoms with Gasteiger partial charge in [-0.05, 0) is 56.7 Å². The Hall–Kier alpha value is -3.78. The average Bonchev–Trinajstić information content (AvgIpc) is 3.34. The van der Waals surface area contributed by atoms with Crippen LogP contribution in [0.1, 0.15) is 22.5 Å². The van der Waals surface area contributed by atoms with Crippen molar-refractivity contribution in [2.24, 2.45) is 0 Å². The zero-order chi connectivity index (χ0) is 21.9. The first-order valence-electron chi connectivity index (χ1n) is 9.71. The number of rotatable bonds is 3. The van der Waals surface area contributed by atoms with Gasteiger partial charge in [0.05, 0.1) is 26.2 Å². The largest absolute Gasteiger partial charge is 0.318 e. The third kappa shape index (κ3) is 2.95. The molecule has 31 heavy (non-hydrogen) atoms. The van der Waals surface area contributed by atoms with Crippen molar-refractivity contribution in [1.29, 1.82) is 0 Å². The summed E-state index contributed by atoms with van der Waals surface area (Å²) in [4.78, 5) is 29.3. The molecule has 154 valence electrons. The van der Waals surface area contributed by atoms with E-state index >= 15 is 0 Å². The van der Waals surface area contributed by atoms with E-state index in [9.17, 15) is 14.9 Å². The van der Waals surface area contributed by atoms with Gasteiger partial charge in [0, 0.05) is 23.0 Å². The van der Waals surface area contributed by atoms with Crippen LogP contribution in [0, 0.1) is 30.9 Å². The summed E-state index contributed by atoms with van der Waals surface area (Å²) in [6, 6.07) is 14.8. The molecule has 5 aromatic rings. The molecule has 8 heteroatoms. The van der Waals surface area contributed by atoms with Gasteiger partial charge in [-0.25, -0.2) is 9.38 Å². The molecule has 0 aliphatic rings. The van der Waals surface area contributed by atoms with Crippen LogP contribution in [0.5, 0.6) is 0 Å². The molecule has 0 fully saturated rings. The maximum Gasteiger partial charge on any atom is 0.274 e. The number of aromatic nitrogens is 3. The normalized spacial score (nSPS) is 12.3. The van der Waals surface area contributed by atoms with Gasteiger partial charge in [-0.15, -0.1) is 0 Å². The lowest BCUT2D eigenvalue weighted by atomic mass is 10.1. The molecule has 0 saturated heterocycles. The van der Waals surface area contributed by atoms with E-state index in [1.54, 1.807) is 23.5 Å². The van der Waals surface area contributed by atoms with Gasteiger partial charge < -0.3 is 4.57 Å². The Kier molecular flexibility index (Phi) is 4.26. The number of hydrogen-bond donors (Lipinski definition) is 0. The van der Waals surface area contributed by atoms with Gasteiger partial charge in [-0.1, -0.05) is 29.5 Å². The standard InChI is InChI=1S/C23H18N4O3S/c1-13-8-9-17(12-20(13)27(29)30)25-14(2)10-16(15(25)3)11-21-22(28)26-19-7-5-4-6-18(19)24-23(26)31-21/h4-12H,1-3H3/b21-11-. The Bertz CT molecular complexity index is 1620. The molecule has 0 N–H and O–H groups in total. The second-order valence-corrected chi connectivity index (χ2v) is 8.53. The van der Waals surface area contributed by atoms with Crippen molar-refractivity contribution in [3.8, 4) is 5.69 Å². The zero-order valence-electron chi connectivity index (χ0n) is 17.1. The van der Waals surface area contributed by atoms with Crippen molar-refractivity contribution >= 4 is 39.1 Å². The molecule has 0 aliphatic carbocycles. The van der Waals surface area contributed by atoms with Gasteiger partial charge in [0.2, 0.25) is 0 Å². The van der Waals surface area contributed by atoms with Crippen molar-refractivity contribution < 1.29 is 4.92 Å². The van der Waals surface area contributed by atoms with Gasteiger partial charge in [-0.3, -0.25) is 14.9 Å². The highest BCUT2D eigenvalue weighted by Gasteiger charge is 2.16. The van der Waals surface area contributed by atoms with E-state index in [4.69, 9.17) is 0 Å². The summed E-state index contributed by atoms with van der Waals surface area (Å²) in [5.41, 5.74) is 5.67. The van der Waals surface area contributed by atoms with Gasteiger partial charge >= 0.3 is 0 Å². The van der Waals surface area contributed by atoms with Gasteiger partial charge in [-0.2, -0.15) is 0 Å². The summed E-state index contributed by atoms with van der Waals surface area (Å²) in [5.74, 6) is 0. The fraction of sp³-hybridized carbons (Fsp3) is 0.130. The van der Waals surface area contributed by atoms with Crippen LogP contribution in [0.25, 0.3) is 27.8 Å². The quantitative estimate of drug-likeness (QED) is 0.319. The fourth-order valence-corrected chi connectivity index (χ4v) is 5.00. The molecule has 0 spiro atoms. The van der Waals surface area contributed by atoms with E-state index in [-0.39, 0.29) is 16.2 Å². The highest BCUT2D eigenvalue weighted by molar-refractivity contribution is 7.15. The number of hydrogen-bond acceptors (Lipinski definition) is 5. The van der Waals surface area contributed by atoms with Crippen LogP contribution in [0.2, 0.25) is 0 Å². The smallest absolute Gasteiger partial charge is 0.274 e. The van der Waals surface area contributed by atoms with Crippen LogP contribution in [0.4, 0.5) is 5.69 Å². The SMILES string of the molecule is Cc1ccc(-n2c(C)cc(/C=c3\sc4nc5ccccc5n4c3=O)c2C)cc1[N+](=O)[O-]. The number of nitrogens with zero attached hydrogens (tertiary/aromatic N) is 4. The second-order valence-electron chi connectivity index (χ2n) is 7.52. The topological polar surface area (TPSA) is 82.4 Å². The predicted octanol–water partition coefficient (Wildman–Crippen LogP) is 4.08. The first-order chi connectivity index (χ1) is 14.8. The Morgan fingerprint density at radius 1 is 1.10 bits per heavy atom. The van der Waals surface area contributed by atoms with E-state index < -0.39 is 0 Å². The lowest BCUT2D eigenvalue weighted by Gasteiger charge is -2.10. The van der Waals surface area contributed by atoms with Crippen LogP contribution in [0.3, 0.4) is 0 Å². The third-order valence-corrected chi connectivity index (χ3v) is 6.52. The lowest BCUT2D eigenvalue weighted by Crippen LogP contribution is -2.22.